The standard InChI is InChI=1S/C16H18N4OS/c1-3-20-14(9-13-7-5-4-6-8-13)18-19-16(20)22-11-15-17-10-12(2)21-15/h4-8,10H,3,9,11H2,1-2H3. The van der Waals surface area contributed by atoms with Crippen LogP contribution < -0.4 is 0 Å². The Bertz CT molecular complexity index is 736. The lowest BCUT2D eigenvalue weighted by Crippen LogP contribution is -2.04. The summed E-state index contributed by atoms with van der Waals surface area (Å²) >= 11 is 1.60. The van der Waals surface area contributed by atoms with Gasteiger partial charge in [-0.15, -0.1) is 10.2 Å². The smallest absolute Gasteiger partial charge is 0.204 e. The van der Waals surface area contributed by atoms with Crippen LogP contribution in [0.15, 0.2) is 46.1 Å². The van der Waals surface area contributed by atoms with Gasteiger partial charge in [-0.3, -0.25) is 0 Å². The van der Waals surface area contributed by atoms with Crippen molar-refractivity contribution >= 4 is 11.8 Å². The molecule has 0 aliphatic rings. The van der Waals surface area contributed by atoms with Crippen LogP contribution in [0.25, 0.3) is 0 Å². The SMILES string of the molecule is CCn1c(Cc2ccccc2)nnc1SCc1ncc(C)o1. The molecule has 0 atom stereocenters. The second-order valence-corrected chi connectivity index (χ2v) is 5.90. The molecule has 5 nitrogen and oxygen atoms in total. The van der Waals surface area contributed by atoms with Crippen molar-refractivity contribution in [2.75, 3.05) is 0 Å². The van der Waals surface area contributed by atoms with Crippen LogP contribution in [0.2, 0.25) is 0 Å². The molecule has 6 heteroatoms. The van der Waals surface area contributed by atoms with E-state index in [-0.39, 0.29) is 0 Å². The molecule has 0 amide bonds. The lowest BCUT2D eigenvalue weighted by molar-refractivity contribution is 0.490. The first kappa shape index (κ1) is 14.8. The van der Waals surface area contributed by atoms with Crippen molar-refractivity contribution in [2.45, 2.75) is 37.7 Å². The Balaban J connectivity index is 1.72. The van der Waals surface area contributed by atoms with Gasteiger partial charge in [0, 0.05) is 13.0 Å². The van der Waals surface area contributed by atoms with Crippen molar-refractivity contribution in [3.63, 3.8) is 0 Å². The Kier molecular flexibility index (Phi) is 4.58. The zero-order valence-corrected chi connectivity index (χ0v) is 13.5. The van der Waals surface area contributed by atoms with Crippen molar-refractivity contribution in [3.8, 4) is 0 Å². The molecule has 0 radical (unpaired) electrons. The quantitative estimate of drug-likeness (QED) is 0.652. The number of hydrogen-bond acceptors (Lipinski definition) is 5. The van der Waals surface area contributed by atoms with Crippen LogP contribution in [0.4, 0.5) is 0 Å². The van der Waals surface area contributed by atoms with E-state index in [1.54, 1.807) is 18.0 Å². The van der Waals surface area contributed by atoms with Gasteiger partial charge in [0.05, 0.1) is 11.9 Å². The molecule has 0 saturated carbocycles. The summed E-state index contributed by atoms with van der Waals surface area (Å²) in [4.78, 5) is 4.22. The molecule has 0 unspecified atom stereocenters. The Morgan fingerprint density at radius 2 is 2.00 bits per heavy atom. The van der Waals surface area contributed by atoms with Gasteiger partial charge in [-0.1, -0.05) is 42.1 Å². The third-order valence-electron chi connectivity index (χ3n) is 3.31. The van der Waals surface area contributed by atoms with E-state index in [9.17, 15) is 0 Å². The molecule has 0 saturated heterocycles. The molecule has 0 bridgehead atoms. The van der Waals surface area contributed by atoms with E-state index in [1.165, 1.54) is 5.56 Å². The molecule has 3 aromatic rings. The van der Waals surface area contributed by atoms with Crippen LogP contribution in [-0.2, 0) is 18.7 Å². The number of aromatic nitrogens is 4. The Morgan fingerprint density at radius 1 is 1.18 bits per heavy atom. The molecule has 0 N–H and O–H groups in total. The minimum absolute atomic E-state index is 0.664. The zero-order valence-electron chi connectivity index (χ0n) is 12.7. The molecule has 0 fully saturated rings. The summed E-state index contributed by atoms with van der Waals surface area (Å²) in [5.74, 6) is 3.20. The molecule has 2 heterocycles. The number of rotatable bonds is 6. The first-order valence-electron chi connectivity index (χ1n) is 7.26. The Labute approximate surface area is 133 Å². The van der Waals surface area contributed by atoms with Crippen molar-refractivity contribution < 1.29 is 4.42 Å². The molecule has 1 aromatic carbocycles. The summed E-state index contributed by atoms with van der Waals surface area (Å²) < 4.78 is 7.64. The second kappa shape index (κ2) is 6.79. The maximum absolute atomic E-state index is 5.49. The first-order chi connectivity index (χ1) is 10.8. The monoisotopic (exact) mass is 314 g/mol. The number of oxazole rings is 1. The second-order valence-electron chi connectivity index (χ2n) is 4.96. The highest BCUT2D eigenvalue weighted by Crippen LogP contribution is 2.22. The molecule has 0 aliphatic heterocycles. The van der Waals surface area contributed by atoms with Gasteiger partial charge in [0.25, 0.3) is 0 Å². The van der Waals surface area contributed by atoms with Gasteiger partial charge in [-0.05, 0) is 19.4 Å². The fourth-order valence-electron chi connectivity index (χ4n) is 2.25. The van der Waals surface area contributed by atoms with Gasteiger partial charge < -0.3 is 8.98 Å². The minimum atomic E-state index is 0.664. The maximum atomic E-state index is 5.49. The number of benzene rings is 1. The van der Waals surface area contributed by atoms with Crippen LogP contribution in [0, 0.1) is 6.92 Å². The lowest BCUT2D eigenvalue weighted by atomic mass is 10.1. The predicted octanol–water partition coefficient (Wildman–Crippen LogP) is 3.48. The highest BCUT2D eigenvalue weighted by molar-refractivity contribution is 7.98. The van der Waals surface area contributed by atoms with E-state index in [0.29, 0.717) is 5.75 Å². The van der Waals surface area contributed by atoms with Gasteiger partial charge in [0.1, 0.15) is 11.6 Å². The van der Waals surface area contributed by atoms with Crippen molar-refractivity contribution in [2.24, 2.45) is 0 Å². The van der Waals surface area contributed by atoms with Crippen molar-refractivity contribution in [3.05, 3.63) is 59.6 Å². The van der Waals surface area contributed by atoms with Crippen LogP contribution >= 0.6 is 11.8 Å². The fraction of sp³-hybridized carbons (Fsp3) is 0.312. The van der Waals surface area contributed by atoms with Crippen molar-refractivity contribution in [1.82, 2.24) is 19.7 Å². The predicted molar refractivity (Wildman–Crippen MR) is 85.7 cm³/mol. The van der Waals surface area contributed by atoms with E-state index in [4.69, 9.17) is 4.42 Å². The van der Waals surface area contributed by atoms with Gasteiger partial charge >= 0.3 is 0 Å². The Hall–Kier alpha value is -2.08. The molecule has 114 valence electrons. The highest BCUT2D eigenvalue weighted by atomic mass is 32.2. The van der Waals surface area contributed by atoms with Gasteiger partial charge in [-0.2, -0.15) is 0 Å². The molecule has 22 heavy (non-hydrogen) atoms. The first-order valence-corrected chi connectivity index (χ1v) is 8.25. The summed E-state index contributed by atoms with van der Waals surface area (Å²) in [6.45, 7) is 4.85. The van der Waals surface area contributed by atoms with Gasteiger partial charge in [0.15, 0.2) is 5.16 Å². The van der Waals surface area contributed by atoms with Crippen LogP contribution in [0.5, 0.6) is 0 Å². The third kappa shape index (κ3) is 3.39. The molecule has 2 aromatic heterocycles. The largest absolute Gasteiger partial charge is 0.445 e. The molecular weight excluding hydrogens is 296 g/mol. The van der Waals surface area contributed by atoms with Gasteiger partial charge in [-0.25, -0.2) is 4.98 Å². The average Bonchev–Trinajstić information content (AvgIpc) is 3.12. The fourth-order valence-corrected chi connectivity index (χ4v) is 3.12. The summed E-state index contributed by atoms with van der Waals surface area (Å²) in [7, 11) is 0. The summed E-state index contributed by atoms with van der Waals surface area (Å²) in [6, 6.07) is 10.3. The molecule has 3 rings (SSSR count). The van der Waals surface area contributed by atoms with Crippen LogP contribution in [0.3, 0.4) is 0 Å². The summed E-state index contributed by atoms with van der Waals surface area (Å²) in [5, 5.41) is 9.56. The van der Waals surface area contributed by atoms with E-state index < -0.39 is 0 Å². The van der Waals surface area contributed by atoms with E-state index in [0.717, 1.165) is 35.6 Å². The minimum Gasteiger partial charge on any atom is -0.445 e. The van der Waals surface area contributed by atoms with Gasteiger partial charge in [0.2, 0.25) is 5.89 Å². The van der Waals surface area contributed by atoms with Crippen LogP contribution in [0.1, 0.15) is 30.0 Å². The van der Waals surface area contributed by atoms with E-state index in [2.05, 4.69) is 38.8 Å². The molecule has 0 spiro atoms. The third-order valence-corrected chi connectivity index (χ3v) is 4.26. The zero-order chi connectivity index (χ0) is 15.4. The Morgan fingerprint density at radius 3 is 2.68 bits per heavy atom. The van der Waals surface area contributed by atoms with Crippen molar-refractivity contribution in [1.29, 1.82) is 0 Å². The average molecular weight is 314 g/mol. The van der Waals surface area contributed by atoms with E-state index >= 15 is 0 Å². The number of thioether (sulfide) groups is 1. The maximum Gasteiger partial charge on any atom is 0.204 e. The number of nitrogens with zero attached hydrogens (tertiary/aromatic N) is 4. The summed E-state index contributed by atoms with van der Waals surface area (Å²) in [6.07, 6.45) is 2.53. The normalized spacial score (nSPS) is 11.0. The lowest BCUT2D eigenvalue weighted by Gasteiger charge is -2.06. The number of hydrogen-bond donors (Lipinski definition) is 0. The number of aryl methyl sites for hydroxylation is 1. The summed E-state index contributed by atoms with van der Waals surface area (Å²) in [5.41, 5.74) is 1.24. The van der Waals surface area contributed by atoms with Crippen LogP contribution in [-0.4, -0.2) is 19.7 Å². The topological polar surface area (TPSA) is 56.7 Å². The van der Waals surface area contributed by atoms with E-state index in [1.807, 2.05) is 25.1 Å². The highest BCUT2D eigenvalue weighted by Gasteiger charge is 2.13. The molecule has 0 aliphatic carbocycles. The molecular formula is C16H18N4OS.